The van der Waals surface area contributed by atoms with E-state index in [1.54, 1.807) is 0 Å². The van der Waals surface area contributed by atoms with Crippen LogP contribution in [0.4, 0.5) is 10.1 Å². The highest BCUT2D eigenvalue weighted by Crippen LogP contribution is 2.32. The molecule has 136 valence electrons. The number of nitrogens with zero attached hydrogens (tertiary/aromatic N) is 3. The minimum atomic E-state index is -0.192. The lowest BCUT2D eigenvalue weighted by Gasteiger charge is -2.41. The maximum absolute atomic E-state index is 13.1. The monoisotopic (exact) mass is 359 g/mol. The molecule has 1 aliphatic rings. The van der Waals surface area contributed by atoms with Crippen molar-refractivity contribution >= 4 is 16.5 Å². The van der Waals surface area contributed by atoms with Crippen LogP contribution in [0.25, 0.3) is 10.8 Å². The lowest BCUT2D eigenvalue weighted by molar-refractivity contribution is 0.215. The Morgan fingerprint density at radius 2 is 1.63 bits per heavy atom. The van der Waals surface area contributed by atoms with Gasteiger partial charge in [0, 0.05) is 30.4 Å². The quantitative estimate of drug-likeness (QED) is 0.663. The number of rotatable bonds is 4. The van der Waals surface area contributed by atoms with Crippen LogP contribution in [-0.4, -0.2) is 24.6 Å². The highest BCUT2D eigenvalue weighted by Gasteiger charge is 2.22. The van der Waals surface area contributed by atoms with Crippen LogP contribution in [0.1, 0.15) is 24.0 Å². The van der Waals surface area contributed by atoms with E-state index in [9.17, 15) is 9.65 Å². The third-order valence-electron chi connectivity index (χ3n) is 5.25. The minimum absolute atomic E-state index is 0.192. The van der Waals surface area contributed by atoms with Crippen LogP contribution in [0.3, 0.4) is 0 Å². The normalized spacial score (nSPS) is 15.0. The van der Waals surface area contributed by atoms with Crippen molar-refractivity contribution in [1.82, 2.24) is 5.01 Å². The number of fused-ring (bicyclic) bond motifs is 1. The van der Waals surface area contributed by atoms with Crippen LogP contribution in [0.5, 0.6) is 0 Å². The van der Waals surface area contributed by atoms with Gasteiger partial charge in [-0.05, 0) is 49.1 Å². The maximum atomic E-state index is 13.1. The molecular formula is C23H22FN3. The molecule has 4 rings (SSSR count). The second-order valence-electron chi connectivity index (χ2n) is 6.95. The average molecular weight is 359 g/mol. The van der Waals surface area contributed by atoms with E-state index in [0.29, 0.717) is 5.56 Å². The SMILES string of the molecule is N#Cc1ccc(N2CCCCN2CCc2ccc(F)cc2)c2ccccc12. The zero-order valence-corrected chi connectivity index (χ0v) is 15.2. The maximum Gasteiger partial charge on any atom is 0.123 e. The Labute approximate surface area is 159 Å². The van der Waals surface area contributed by atoms with Crippen molar-refractivity contribution in [2.45, 2.75) is 19.3 Å². The Bertz CT molecular complexity index is 975. The van der Waals surface area contributed by atoms with Crippen molar-refractivity contribution in [1.29, 1.82) is 5.26 Å². The van der Waals surface area contributed by atoms with Crippen molar-refractivity contribution in [2.75, 3.05) is 24.6 Å². The van der Waals surface area contributed by atoms with E-state index in [1.165, 1.54) is 18.6 Å². The number of hydrazine groups is 1. The number of benzene rings is 3. The smallest absolute Gasteiger partial charge is 0.123 e. The molecular weight excluding hydrogens is 337 g/mol. The number of hydrogen-bond donors (Lipinski definition) is 0. The fourth-order valence-electron chi connectivity index (χ4n) is 3.84. The summed E-state index contributed by atoms with van der Waals surface area (Å²) in [4.78, 5) is 0. The highest BCUT2D eigenvalue weighted by molar-refractivity contribution is 5.97. The number of anilines is 1. The minimum Gasteiger partial charge on any atom is -0.305 e. The van der Waals surface area contributed by atoms with Gasteiger partial charge in [-0.15, -0.1) is 0 Å². The van der Waals surface area contributed by atoms with Gasteiger partial charge in [-0.2, -0.15) is 5.26 Å². The van der Waals surface area contributed by atoms with Gasteiger partial charge in [0.25, 0.3) is 0 Å². The van der Waals surface area contributed by atoms with Gasteiger partial charge in [-0.3, -0.25) is 0 Å². The van der Waals surface area contributed by atoms with Crippen molar-refractivity contribution in [2.24, 2.45) is 0 Å². The van der Waals surface area contributed by atoms with Crippen LogP contribution < -0.4 is 5.01 Å². The second-order valence-corrected chi connectivity index (χ2v) is 6.95. The summed E-state index contributed by atoms with van der Waals surface area (Å²) >= 11 is 0. The molecule has 1 heterocycles. The van der Waals surface area contributed by atoms with E-state index in [4.69, 9.17) is 0 Å². The summed E-state index contributed by atoms with van der Waals surface area (Å²) < 4.78 is 13.1. The van der Waals surface area contributed by atoms with E-state index in [-0.39, 0.29) is 5.82 Å². The Balaban J connectivity index is 1.62. The fourth-order valence-corrected chi connectivity index (χ4v) is 3.84. The molecule has 27 heavy (non-hydrogen) atoms. The van der Waals surface area contributed by atoms with Crippen LogP contribution in [-0.2, 0) is 6.42 Å². The molecule has 3 aromatic rings. The summed E-state index contributed by atoms with van der Waals surface area (Å²) in [5.74, 6) is -0.192. The predicted molar refractivity (Wildman–Crippen MR) is 107 cm³/mol. The summed E-state index contributed by atoms with van der Waals surface area (Å²) in [5.41, 5.74) is 3.01. The first-order chi connectivity index (χ1) is 13.3. The van der Waals surface area contributed by atoms with Crippen LogP contribution in [0, 0.1) is 17.1 Å². The molecule has 0 aromatic heterocycles. The zero-order chi connectivity index (χ0) is 18.6. The van der Waals surface area contributed by atoms with E-state index < -0.39 is 0 Å². The fraction of sp³-hybridized carbons (Fsp3) is 0.261. The van der Waals surface area contributed by atoms with Crippen LogP contribution in [0.15, 0.2) is 60.7 Å². The summed E-state index contributed by atoms with van der Waals surface area (Å²) in [6, 6.07) is 21.2. The van der Waals surface area contributed by atoms with Gasteiger partial charge in [0.2, 0.25) is 0 Å². The van der Waals surface area contributed by atoms with Gasteiger partial charge < -0.3 is 5.01 Å². The summed E-state index contributed by atoms with van der Waals surface area (Å²) in [6.07, 6.45) is 3.21. The molecule has 0 amide bonds. The van der Waals surface area contributed by atoms with E-state index >= 15 is 0 Å². The molecule has 0 atom stereocenters. The molecule has 1 saturated heterocycles. The van der Waals surface area contributed by atoms with Gasteiger partial charge in [0.15, 0.2) is 0 Å². The lowest BCUT2D eigenvalue weighted by Crippen LogP contribution is -2.48. The van der Waals surface area contributed by atoms with E-state index in [0.717, 1.165) is 54.5 Å². The van der Waals surface area contributed by atoms with Crippen molar-refractivity contribution in [3.05, 3.63) is 77.6 Å². The van der Waals surface area contributed by atoms with Gasteiger partial charge in [-0.1, -0.05) is 36.4 Å². The van der Waals surface area contributed by atoms with Crippen molar-refractivity contribution in [3.63, 3.8) is 0 Å². The van der Waals surface area contributed by atoms with Gasteiger partial charge >= 0.3 is 0 Å². The first-order valence-corrected chi connectivity index (χ1v) is 9.45. The molecule has 1 fully saturated rings. The number of halogens is 1. The Morgan fingerprint density at radius 3 is 2.41 bits per heavy atom. The van der Waals surface area contributed by atoms with Gasteiger partial charge in [-0.25, -0.2) is 9.40 Å². The van der Waals surface area contributed by atoms with Gasteiger partial charge in [0.05, 0.1) is 17.3 Å². The molecule has 3 aromatic carbocycles. The largest absolute Gasteiger partial charge is 0.305 e. The highest BCUT2D eigenvalue weighted by atomic mass is 19.1. The lowest BCUT2D eigenvalue weighted by atomic mass is 10.0. The molecule has 0 N–H and O–H groups in total. The average Bonchev–Trinajstić information content (AvgIpc) is 2.73. The second kappa shape index (κ2) is 7.77. The van der Waals surface area contributed by atoms with Crippen molar-refractivity contribution in [3.8, 4) is 6.07 Å². The topological polar surface area (TPSA) is 30.3 Å². The molecule has 1 aliphatic heterocycles. The molecule has 3 nitrogen and oxygen atoms in total. The summed E-state index contributed by atoms with van der Waals surface area (Å²) in [7, 11) is 0. The van der Waals surface area contributed by atoms with Crippen molar-refractivity contribution < 1.29 is 4.39 Å². The molecule has 0 unspecified atom stereocenters. The van der Waals surface area contributed by atoms with Crippen LogP contribution >= 0.6 is 0 Å². The first-order valence-electron chi connectivity index (χ1n) is 9.45. The summed E-state index contributed by atoms with van der Waals surface area (Å²) in [5, 5.41) is 16.3. The Hall–Kier alpha value is -2.90. The third-order valence-corrected chi connectivity index (χ3v) is 5.25. The zero-order valence-electron chi connectivity index (χ0n) is 15.2. The molecule has 0 radical (unpaired) electrons. The Kier molecular flexibility index (Phi) is 5.04. The molecule has 0 saturated carbocycles. The molecule has 0 bridgehead atoms. The third kappa shape index (κ3) is 3.65. The first kappa shape index (κ1) is 17.5. The van der Waals surface area contributed by atoms with Crippen LogP contribution in [0.2, 0.25) is 0 Å². The Morgan fingerprint density at radius 1 is 0.889 bits per heavy atom. The standard InChI is InChI=1S/C23H22FN3/c24-20-10-7-18(8-11-20)13-16-26-14-3-4-15-27(26)23-12-9-19(17-25)21-5-1-2-6-22(21)23/h1-2,5-12H,3-4,13-16H2. The predicted octanol–water partition coefficient (Wildman–Crippen LogP) is 4.91. The molecule has 0 aliphatic carbocycles. The van der Waals surface area contributed by atoms with E-state index in [1.807, 2.05) is 36.4 Å². The number of hydrogen-bond acceptors (Lipinski definition) is 3. The number of nitriles is 1. The molecule has 4 heteroatoms. The van der Waals surface area contributed by atoms with Gasteiger partial charge in [0.1, 0.15) is 5.82 Å². The summed E-state index contributed by atoms with van der Waals surface area (Å²) in [6.45, 7) is 2.87. The molecule has 0 spiro atoms. The van der Waals surface area contributed by atoms with E-state index in [2.05, 4.69) is 28.2 Å².